The van der Waals surface area contributed by atoms with Crippen molar-refractivity contribution in [1.82, 2.24) is 13.9 Å². The minimum atomic E-state index is -0.266. The standard InChI is InChI=1S/C15H12Cl3N3OS/c16-11-3-1-10(2-4-11)8-22-12(7-21-6-5-19-9-21)14-13(17)15(18)20-23-14/h1-6,9,12H,7-8H2. The number of hydrogen-bond acceptors (Lipinski definition) is 4. The molecule has 0 fully saturated rings. The zero-order valence-electron chi connectivity index (χ0n) is 11.8. The van der Waals surface area contributed by atoms with Crippen LogP contribution >= 0.6 is 46.3 Å². The molecule has 2 aromatic heterocycles. The van der Waals surface area contributed by atoms with Gasteiger partial charge in [0, 0.05) is 17.4 Å². The van der Waals surface area contributed by atoms with E-state index in [0.29, 0.717) is 28.4 Å². The van der Waals surface area contributed by atoms with Crippen LogP contribution < -0.4 is 0 Å². The Kier molecular flexibility index (Phi) is 5.56. The van der Waals surface area contributed by atoms with Gasteiger partial charge in [-0.2, -0.15) is 4.37 Å². The van der Waals surface area contributed by atoms with Crippen LogP contribution in [0.5, 0.6) is 0 Å². The summed E-state index contributed by atoms with van der Waals surface area (Å²) in [6.45, 7) is 1.01. The molecule has 0 saturated heterocycles. The third-order valence-corrected chi connectivity index (χ3v) is 5.37. The number of ether oxygens (including phenoxy) is 1. The molecule has 0 bridgehead atoms. The molecule has 23 heavy (non-hydrogen) atoms. The molecule has 0 aliphatic heterocycles. The largest absolute Gasteiger partial charge is 0.366 e. The third-order valence-electron chi connectivity index (χ3n) is 3.21. The predicted molar refractivity (Wildman–Crippen MR) is 93.3 cm³/mol. The Balaban J connectivity index is 1.77. The Bertz CT molecular complexity index is 759. The molecule has 0 amide bonds. The van der Waals surface area contributed by atoms with Gasteiger partial charge < -0.3 is 9.30 Å². The molecular formula is C15H12Cl3N3OS. The minimum Gasteiger partial charge on any atom is -0.366 e. The van der Waals surface area contributed by atoms with Gasteiger partial charge in [-0.25, -0.2) is 4.98 Å². The summed E-state index contributed by atoms with van der Waals surface area (Å²) in [5.74, 6) is 0. The smallest absolute Gasteiger partial charge is 0.161 e. The van der Waals surface area contributed by atoms with Gasteiger partial charge in [0.1, 0.15) is 6.10 Å². The number of nitrogens with zero attached hydrogens (tertiary/aromatic N) is 3. The number of imidazole rings is 1. The first-order valence-electron chi connectivity index (χ1n) is 6.76. The Morgan fingerprint density at radius 3 is 2.57 bits per heavy atom. The summed E-state index contributed by atoms with van der Waals surface area (Å²) in [5.41, 5.74) is 1.02. The summed E-state index contributed by atoms with van der Waals surface area (Å²) < 4.78 is 12.1. The lowest BCUT2D eigenvalue weighted by Gasteiger charge is -2.17. The summed E-state index contributed by atoms with van der Waals surface area (Å²) in [4.78, 5) is 4.85. The van der Waals surface area contributed by atoms with E-state index in [1.165, 1.54) is 11.5 Å². The molecular weight excluding hydrogens is 377 g/mol. The molecule has 3 aromatic rings. The predicted octanol–water partition coefficient (Wildman–Crippen LogP) is 5.26. The van der Waals surface area contributed by atoms with Gasteiger partial charge in [0.2, 0.25) is 0 Å². The van der Waals surface area contributed by atoms with Crippen molar-refractivity contribution in [3.05, 3.63) is 68.6 Å². The Hall–Kier alpha value is -1.11. The average Bonchev–Trinajstić information content (AvgIpc) is 3.17. The first-order valence-corrected chi connectivity index (χ1v) is 8.66. The van der Waals surface area contributed by atoms with Crippen LogP contribution in [0.15, 0.2) is 43.0 Å². The molecule has 1 atom stereocenters. The molecule has 0 N–H and O–H groups in total. The fourth-order valence-electron chi connectivity index (χ4n) is 2.05. The van der Waals surface area contributed by atoms with E-state index in [4.69, 9.17) is 39.5 Å². The second-order valence-electron chi connectivity index (χ2n) is 4.84. The van der Waals surface area contributed by atoms with E-state index >= 15 is 0 Å². The maximum Gasteiger partial charge on any atom is 0.161 e. The second-order valence-corrected chi connectivity index (χ2v) is 6.81. The van der Waals surface area contributed by atoms with Crippen molar-refractivity contribution < 1.29 is 4.74 Å². The van der Waals surface area contributed by atoms with Crippen molar-refractivity contribution in [3.8, 4) is 0 Å². The number of hydrogen-bond donors (Lipinski definition) is 0. The maximum atomic E-state index is 6.24. The lowest BCUT2D eigenvalue weighted by atomic mass is 10.2. The zero-order valence-corrected chi connectivity index (χ0v) is 14.9. The van der Waals surface area contributed by atoms with Crippen LogP contribution in [0.25, 0.3) is 0 Å². The molecule has 4 nitrogen and oxygen atoms in total. The zero-order chi connectivity index (χ0) is 16.2. The van der Waals surface area contributed by atoms with E-state index < -0.39 is 0 Å². The van der Waals surface area contributed by atoms with Crippen molar-refractivity contribution in [1.29, 1.82) is 0 Å². The van der Waals surface area contributed by atoms with Gasteiger partial charge in [0.25, 0.3) is 0 Å². The third kappa shape index (κ3) is 4.25. The molecule has 1 aromatic carbocycles. The highest BCUT2D eigenvalue weighted by Gasteiger charge is 2.21. The number of halogens is 3. The van der Waals surface area contributed by atoms with Crippen LogP contribution in [-0.2, 0) is 17.9 Å². The van der Waals surface area contributed by atoms with Gasteiger partial charge in [-0.15, -0.1) is 0 Å². The summed E-state index contributed by atoms with van der Waals surface area (Å²) in [6.07, 6.45) is 5.06. The molecule has 1 unspecified atom stereocenters. The molecule has 0 spiro atoms. The van der Waals surface area contributed by atoms with E-state index in [9.17, 15) is 0 Å². The molecule has 3 rings (SSSR count). The van der Waals surface area contributed by atoms with Crippen molar-refractivity contribution in [2.75, 3.05) is 0 Å². The summed E-state index contributed by atoms with van der Waals surface area (Å²) in [6, 6.07) is 7.53. The van der Waals surface area contributed by atoms with Crippen molar-refractivity contribution in [2.24, 2.45) is 0 Å². The topological polar surface area (TPSA) is 39.9 Å². The fraction of sp³-hybridized carbons (Fsp3) is 0.200. The Labute approximate surface area is 152 Å². The number of rotatable bonds is 6. The Morgan fingerprint density at radius 1 is 1.17 bits per heavy atom. The number of aromatic nitrogens is 3. The van der Waals surface area contributed by atoms with Gasteiger partial charge >= 0.3 is 0 Å². The summed E-state index contributed by atoms with van der Waals surface area (Å²) in [7, 11) is 0. The summed E-state index contributed by atoms with van der Waals surface area (Å²) in [5, 5.41) is 1.44. The highest BCUT2D eigenvalue weighted by Crippen LogP contribution is 2.36. The van der Waals surface area contributed by atoms with E-state index in [1.807, 2.05) is 35.0 Å². The molecule has 0 radical (unpaired) electrons. The molecule has 0 aliphatic carbocycles. The monoisotopic (exact) mass is 387 g/mol. The maximum absolute atomic E-state index is 6.24. The van der Waals surface area contributed by atoms with E-state index in [0.717, 1.165) is 10.4 Å². The van der Waals surface area contributed by atoms with Gasteiger partial charge in [0.15, 0.2) is 5.15 Å². The molecule has 0 aliphatic rings. The van der Waals surface area contributed by atoms with Crippen molar-refractivity contribution in [3.63, 3.8) is 0 Å². The second kappa shape index (κ2) is 7.64. The van der Waals surface area contributed by atoms with Crippen molar-refractivity contribution >= 4 is 46.3 Å². The van der Waals surface area contributed by atoms with E-state index in [2.05, 4.69) is 9.36 Å². The normalized spacial score (nSPS) is 12.5. The van der Waals surface area contributed by atoms with Crippen LogP contribution in [0.4, 0.5) is 0 Å². The Morgan fingerprint density at radius 2 is 1.96 bits per heavy atom. The average molecular weight is 389 g/mol. The van der Waals surface area contributed by atoms with E-state index in [-0.39, 0.29) is 6.10 Å². The minimum absolute atomic E-state index is 0.266. The number of benzene rings is 1. The molecule has 2 heterocycles. The SMILES string of the molecule is Clc1ccc(COC(Cn2ccnc2)c2snc(Cl)c2Cl)cc1. The van der Waals surface area contributed by atoms with Gasteiger partial charge in [-0.3, -0.25) is 0 Å². The van der Waals surface area contributed by atoms with Crippen LogP contribution in [0, 0.1) is 0 Å². The molecule has 8 heteroatoms. The molecule has 120 valence electrons. The highest BCUT2D eigenvalue weighted by atomic mass is 35.5. The van der Waals surface area contributed by atoms with Crippen molar-refractivity contribution in [2.45, 2.75) is 19.3 Å². The lowest BCUT2D eigenvalue weighted by molar-refractivity contribution is 0.0304. The quantitative estimate of drug-likeness (QED) is 0.578. The first-order chi connectivity index (χ1) is 11.1. The van der Waals surface area contributed by atoms with Crippen LogP contribution in [0.1, 0.15) is 16.5 Å². The lowest BCUT2D eigenvalue weighted by Crippen LogP contribution is -2.11. The van der Waals surface area contributed by atoms with Gasteiger partial charge in [-0.1, -0.05) is 46.9 Å². The van der Waals surface area contributed by atoms with Crippen LogP contribution in [-0.4, -0.2) is 13.9 Å². The van der Waals surface area contributed by atoms with Gasteiger partial charge in [0.05, 0.1) is 29.4 Å². The van der Waals surface area contributed by atoms with Crippen LogP contribution in [0.2, 0.25) is 15.2 Å². The fourth-order valence-corrected chi connectivity index (χ4v) is 3.46. The van der Waals surface area contributed by atoms with E-state index in [1.54, 1.807) is 12.5 Å². The summed E-state index contributed by atoms with van der Waals surface area (Å²) >= 11 is 19.4. The van der Waals surface area contributed by atoms with Gasteiger partial charge in [-0.05, 0) is 29.2 Å². The molecule has 0 saturated carbocycles. The highest BCUT2D eigenvalue weighted by molar-refractivity contribution is 7.07. The first kappa shape index (κ1) is 16.7. The van der Waals surface area contributed by atoms with Crippen LogP contribution in [0.3, 0.4) is 0 Å².